The first-order chi connectivity index (χ1) is 10.6. The summed E-state index contributed by atoms with van der Waals surface area (Å²) >= 11 is 0. The second-order valence-electron chi connectivity index (χ2n) is 5.49. The zero-order valence-corrected chi connectivity index (χ0v) is 12.4. The molecule has 0 aliphatic carbocycles. The fourth-order valence-electron chi connectivity index (χ4n) is 2.54. The van der Waals surface area contributed by atoms with Gasteiger partial charge in [-0.05, 0) is 42.2 Å². The van der Waals surface area contributed by atoms with Crippen LogP contribution in [0.25, 0.3) is 0 Å². The molecule has 3 rings (SSSR count). The van der Waals surface area contributed by atoms with Crippen LogP contribution in [0.1, 0.15) is 24.0 Å². The number of hydrogen-bond acceptors (Lipinski definition) is 3. The van der Waals surface area contributed by atoms with E-state index < -0.39 is 0 Å². The van der Waals surface area contributed by atoms with E-state index in [-0.39, 0.29) is 11.8 Å². The van der Waals surface area contributed by atoms with Crippen molar-refractivity contribution >= 4 is 23.2 Å². The number of fused-ring (bicyclic) bond motifs is 1. The Kier molecular flexibility index (Phi) is 3.91. The van der Waals surface area contributed by atoms with Gasteiger partial charge in [-0.3, -0.25) is 14.3 Å². The summed E-state index contributed by atoms with van der Waals surface area (Å²) in [4.78, 5) is 23.3. The molecule has 0 radical (unpaired) electrons. The van der Waals surface area contributed by atoms with Crippen molar-refractivity contribution < 1.29 is 9.59 Å². The number of carbonyl (C=O) groups is 2. The van der Waals surface area contributed by atoms with E-state index in [4.69, 9.17) is 0 Å². The summed E-state index contributed by atoms with van der Waals surface area (Å²) in [5.41, 5.74) is 3.71. The summed E-state index contributed by atoms with van der Waals surface area (Å²) in [6.07, 6.45) is 5.97. The van der Waals surface area contributed by atoms with Crippen LogP contribution in [0, 0.1) is 0 Å². The summed E-state index contributed by atoms with van der Waals surface area (Å²) in [5.74, 6) is 0.0180. The highest BCUT2D eigenvalue weighted by Crippen LogP contribution is 2.25. The van der Waals surface area contributed by atoms with Crippen LogP contribution in [0.15, 0.2) is 30.6 Å². The minimum absolute atomic E-state index is 0.0244. The van der Waals surface area contributed by atoms with Gasteiger partial charge < -0.3 is 10.6 Å². The predicted octanol–water partition coefficient (Wildman–Crippen LogP) is 1.88. The van der Waals surface area contributed by atoms with E-state index in [1.165, 1.54) is 0 Å². The minimum Gasteiger partial charge on any atom is -0.326 e. The van der Waals surface area contributed by atoms with E-state index in [1.54, 1.807) is 10.9 Å². The molecule has 6 nitrogen and oxygen atoms in total. The zero-order chi connectivity index (χ0) is 15.5. The van der Waals surface area contributed by atoms with Gasteiger partial charge in [0.25, 0.3) is 0 Å². The first-order valence-electron chi connectivity index (χ1n) is 7.30. The van der Waals surface area contributed by atoms with Crippen LogP contribution < -0.4 is 10.6 Å². The Morgan fingerprint density at radius 1 is 1.41 bits per heavy atom. The van der Waals surface area contributed by atoms with Gasteiger partial charge in [-0.2, -0.15) is 5.10 Å². The number of anilines is 2. The molecule has 114 valence electrons. The number of aryl methyl sites for hydroxylation is 3. The van der Waals surface area contributed by atoms with E-state index in [0.29, 0.717) is 25.7 Å². The molecule has 1 aromatic carbocycles. The van der Waals surface area contributed by atoms with Gasteiger partial charge in [-0.15, -0.1) is 0 Å². The Morgan fingerprint density at radius 3 is 3.05 bits per heavy atom. The van der Waals surface area contributed by atoms with Crippen molar-refractivity contribution in [2.75, 3.05) is 10.6 Å². The number of aromatic nitrogens is 2. The van der Waals surface area contributed by atoms with Gasteiger partial charge in [0.1, 0.15) is 0 Å². The van der Waals surface area contributed by atoms with Crippen molar-refractivity contribution in [3.63, 3.8) is 0 Å². The van der Waals surface area contributed by atoms with Crippen LogP contribution in [0.3, 0.4) is 0 Å². The van der Waals surface area contributed by atoms with Crippen molar-refractivity contribution in [1.29, 1.82) is 0 Å². The molecule has 0 fully saturated rings. The molecule has 1 aliphatic heterocycles. The maximum Gasteiger partial charge on any atom is 0.224 e. The molecule has 0 spiro atoms. The van der Waals surface area contributed by atoms with Crippen LogP contribution >= 0.6 is 0 Å². The average molecular weight is 298 g/mol. The molecule has 0 saturated carbocycles. The fourth-order valence-corrected chi connectivity index (χ4v) is 2.54. The molecular formula is C16H18N4O2. The maximum absolute atomic E-state index is 12.0. The fraction of sp³-hybridized carbons (Fsp3) is 0.312. The summed E-state index contributed by atoms with van der Waals surface area (Å²) in [7, 11) is 1.86. The summed E-state index contributed by atoms with van der Waals surface area (Å²) in [6.45, 7) is 0. The van der Waals surface area contributed by atoms with E-state index >= 15 is 0 Å². The van der Waals surface area contributed by atoms with Crippen LogP contribution in [0.4, 0.5) is 11.4 Å². The molecule has 0 unspecified atom stereocenters. The third-order valence-corrected chi connectivity index (χ3v) is 3.68. The predicted molar refractivity (Wildman–Crippen MR) is 83.6 cm³/mol. The normalized spacial score (nSPS) is 13.4. The van der Waals surface area contributed by atoms with Gasteiger partial charge in [0.2, 0.25) is 11.8 Å². The number of benzene rings is 1. The molecular weight excluding hydrogens is 280 g/mol. The number of amides is 2. The molecule has 0 atom stereocenters. The first kappa shape index (κ1) is 14.3. The van der Waals surface area contributed by atoms with Gasteiger partial charge in [0.15, 0.2) is 0 Å². The van der Waals surface area contributed by atoms with Crippen molar-refractivity contribution in [1.82, 2.24) is 9.78 Å². The molecule has 0 saturated heterocycles. The number of rotatable bonds is 4. The van der Waals surface area contributed by atoms with E-state index in [9.17, 15) is 9.59 Å². The first-order valence-corrected chi connectivity index (χ1v) is 7.30. The lowest BCUT2D eigenvalue weighted by Crippen LogP contribution is -2.19. The second-order valence-corrected chi connectivity index (χ2v) is 5.49. The van der Waals surface area contributed by atoms with Crippen molar-refractivity contribution in [3.8, 4) is 0 Å². The number of nitrogens with one attached hydrogen (secondary N) is 2. The Bertz CT molecular complexity index is 721. The molecule has 2 heterocycles. The Morgan fingerprint density at radius 2 is 2.27 bits per heavy atom. The van der Waals surface area contributed by atoms with Crippen LogP contribution in [-0.4, -0.2) is 21.6 Å². The monoisotopic (exact) mass is 298 g/mol. The SMILES string of the molecule is Cn1cc(CCC(=O)Nc2ccc3c(c2)CCC(=O)N3)cn1. The van der Waals surface area contributed by atoms with Crippen LogP contribution in [0.2, 0.25) is 0 Å². The molecule has 6 heteroatoms. The van der Waals surface area contributed by atoms with Gasteiger partial charge in [-0.1, -0.05) is 0 Å². The summed E-state index contributed by atoms with van der Waals surface area (Å²) in [6, 6.07) is 5.58. The van der Waals surface area contributed by atoms with E-state index in [0.717, 1.165) is 22.5 Å². The molecule has 2 amide bonds. The van der Waals surface area contributed by atoms with Crippen molar-refractivity contribution in [2.24, 2.45) is 7.05 Å². The average Bonchev–Trinajstić information content (AvgIpc) is 2.91. The highest BCUT2D eigenvalue weighted by molar-refractivity contribution is 5.95. The molecule has 2 N–H and O–H groups in total. The van der Waals surface area contributed by atoms with E-state index in [2.05, 4.69) is 15.7 Å². The standard InChI is InChI=1S/C16H18N4O2/c1-20-10-11(9-17-20)2-6-15(21)18-13-4-5-14-12(8-13)3-7-16(22)19-14/h4-5,8-10H,2-3,6-7H2,1H3,(H,18,21)(H,19,22). The van der Waals surface area contributed by atoms with Crippen molar-refractivity contribution in [2.45, 2.75) is 25.7 Å². The Labute approximate surface area is 128 Å². The summed E-state index contributed by atoms with van der Waals surface area (Å²) < 4.78 is 1.73. The highest BCUT2D eigenvalue weighted by Gasteiger charge is 2.15. The molecule has 1 aliphatic rings. The quantitative estimate of drug-likeness (QED) is 0.905. The highest BCUT2D eigenvalue weighted by atomic mass is 16.2. The molecule has 0 bridgehead atoms. The van der Waals surface area contributed by atoms with E-state index in [1.807, 2.05) is 31.4 Å². The van der Waals surface area contributed by atoms with Gasteiger partial charge in [0, 0.05) is 37.5 Å². The second kappa shape index (κ2) is 6.01. The van der Waals surface area contributed by atoms with Gasteiger partial charge in [0.05, 0.1) is 6.20 Å². The molecule has 1 aromatic heterocycles. The zero-order valence-electron chi connectivity index (χ0n) is 12.4. The lowest BCUT2D eigenvalue weighted by atomic mass is 10.0. The van der Waals surface area contributed by atoms with Crippen LogP contribution in [0.5, 0.6) is 0 Å². The molecule has 22 heavy (non-hydrogen) atoms. The van der Waals surface area contributed by atoms with Gasteiger partial charge in [-0.25, -0.2) is 0 Å². The van der Waals surface area contributed by atoms with Crippen LogP contribution in [-0.2, 0) is 29.5 Å². The van der Waals surface area contributed by atoms with Crippen molar-refractivity contribution in [3.05, 3.63) is 41.7 Å². The minimum atomic E-state index is -0.0244. The third-order valence-electron chi connectivity index (χ3n) is 3.68. The number of hydrogen-bond donors (Lipinski definition) is 2. The maximum atomic E-state index is 12.0. The lowest BCUT2D eigenvalue weighted by molar-refractivity contribution is -0.117. The lowest BCUT2D eigenvalue weighted by Gasteiger charge is -2.17. The molecule has 2 aromatic rings. The topological polar surface area (TPSA) is 76.0 Å². The number of carbonyl (C=O) groups excluding carboxylic acids is 2. The Balaban J connectivity index is 1.58. The Hall–Kier alpha value is -2.63. The third kappa shape index (κ3) is 3.33. The largest absolute Gasteiger partial charge is 0.326 e. The van der Waals surface area contributed by atoms with Gasteiger partial charge >= 0.3 is 0 Å². The number of nitrogens with zero attached hydrogens (tertiary/aromatic N) is 2. The smallest absolute Gasteiger partial charge is 0.224 e. The summed E-state index contributed by atoms with van der Waals surface area (Å²) in [5, 5.41) is 9.81.